The summed E-state index contributed by atoms with van der Waals surface area (Å²) >= 11 is 1.74. The fraction of sp³-hybridized carbons (Fsp3) is 0.500. The van der Waals surface area contributed by atoms with Gasteiger partial charge < -0.3 is 5.32 Å². The van der Waals surface area contributed by atoms with Crippen LogP contribution in [0.1, 0.15) is 40.7 Å². The van der Waals surface area contributed by atoms with Gasteiger partial charge in [0, 0.05) is 17.8 Å². The SMILES string of the molecule is CCCNC(Cc1csc(C)n1)Cc1cc(C)ccc1C. The molecule has 0 spiro atoms. The molecule has 0 aliphatic heterocycles. The Labute approximate surface area is 132 Å². The van der Waals surface area contributed by atoms with Crippen LogP contribution < -0.4 is 5.32 Å². The first-order valence-electron chi connectivity index (χ1n) is 7.79. The summed E-state index contributed by atoms with van der Waals surface area (Å²) in [6.45, 7) is 9.74. The number of nitrogens with one attached hydrogen (secondary N) is 1. The number of nitrogens with zero attached hydrogens (tertiary/aromatic N) is 1. The number of benzene rings is 1. The lowest BCUT2D eigenvalue weighted by atomic mass is 9.96. The number of hydrogen-bond donors (Lipinski definition) is 1. The number of rotatable bonds is 7. The van der Waals surface area contributed by atoms with Gasteiger partial charge in [-0.3, -0.25) is 0 Å². The summed E-state index contributed by atoms with van der Waals surface area (Å²) in [5, 5.41) is 7.04. The highest BCUT2D eigenvalue weighted by atomic mass is 32.1. The van der Waals surface area contributed by atoms with Crippen LogP contribution >= 0.6 is 11.3 Å². The highest BCUT2D eigenvalue weighted by molar-refractivity contribution is 7.09. The second-order valence-electron chi connectivity index (χ2n) is 5.85. The van der Waals surface area contributed by atoms with Gasteiger partial charge in [-0.2, -0.15) is 0 Å². The lowest BCUT2D eigenvalue weighted by Gasteiger charge is -2.19. The van der Waals surface area contributed by atoms with E-state index in [-0.39, 0.29) is 0 Å². The number of aromatic nitrogens is 1. The van der Waals surface area contributed by atoms with E-state index in [0.717, 1.165) is 24.4 Å². The van der Waals surface area contributed by atoms with Crippen LogP contribution in [0.3, 0.4) is 0 Å². The molecule has 0 fully saturated rings. The zero-order valence-electron chi connectivity index (χ0n) is 13.6. The minimum absolute atomic E-state index is 0.465. The molecule has 1 aromatic heterocycles. The summed E-state index contributed by atoms with van der Waals surface area (Å²) in [6.07, 6.45) is 3.25. The number of hydrogen-bond acceptors (Lipinski definition) is 3. The third-order valence-corrected chi connectivity index (χ3v) is 4.60. The number of aryl methyl sites for hydroxylation is 3. The van der Waals surface area contributed by atoms with Crippen molar-refractivity contribution in [2.24, 2.45) is 0 Å². The molecular formula is C18H26N2S. The van der Waals surface area contributed by atoms with Crippen molar-refractivity contribution in [2.45, 2.75) is 53.0 Å². The van der Waals surface area contributed by atoms with E-state index in [1.807, 2.05) is 0 Å². The topological polar surface area (TPSA) is 24.9 Å². The molecule has 1 atom stereocenters. The molecule has 0 radical (unpaired) electrons. The molecule has 0 saturated carbocycles. The molecule has 21 heavy (non-hydrogen) atoms. The lowest BCUT2D eigenvalue weighted by molar-refractivity contribution is 0.500. The molecule has 1 unspecified atom stereocenters. The quantitative estimate of drug-likeness (QED) is 0.828. The Bertz CT molecular complexity index is 574. The smallest absolute Gasteiger partial charge is 0.0897 e. The summed E-state index contributed by atoms with van der Waals surface area (Å²) in [5.41, 5.74) is 5.40. The minimum atomic E-state index is 0.465. The minimum Gasteiger partial charge on any atom is -0.313 e. The van der Waals surface area contributed by atoms with Crippen LogP contribution in [0.4, 0.5) is 0 Å². The summed E-state index contributed by atoms with van der Waals surface area (Å²) in [4.78, 5) is 4.62. The van der Waals surface area contributed by atoms with Crippen LogP contribution in [0.2, 0.25) is 0 Å². The summed E-state index contributed by atoms with van der Waals surface area (Å²) in [5.74, 6) is 0. The first kappa shape index (κ1) is 16.2. The molecule has 0 aliphatic carbocycles. The van der Waals surface area contributed by atoms with E-state index < -0.39 is 0 Å². The standard InChI is InChI=1S/C18H26N2S/c1-5-8-19-17(11-18-12-21-15(4)20-18)10-16-9-13(2)6-7-14(16)3/h6-7,9,12,17,19H,5,8,10-11H2,1-4H3. The van der Waals surface area contributed by atoms with Gasteiger partial charge in [0.05, 0.1) is 10.7 Å². The van der Waals surface area contributed by atoms with Crippen LogP contribution in [-0.2, 0) is 12.8 Å². The van der Waals surface area contributed by atoms with E-state index in [4.69, 9.17) is 0 Å². The van der Waals surface area contributed by atoms with Gasteiger partial charge in [-0.1, -0.05) is 30.7 Å². The maximum absolute atomic E-state index is 4.62. The Hall–Kier alpha value is -1.19. The molecule has 1 N–H and O–H groups in total. The van der Waals surface area contributed by atoms with Crippen molar-refractivity contribution >= 4 is 11.3 Å². The van der Waals surface area contributed by atoms with E-state index >= 15 is 0 Å². The fourth-order valence-electron chi connectivity index (χ4n) is 2.61. The molecule has 2 nitrogen and oxygen atoms in total. The molecule has 2 rings (SSSR count). The Morgan fingerprint density at radius 1 is 1.19 bits per heavy atom. The van der Waals surface area contributed by atoms with E-state index in [2.05, 4.69) is 61.6 Å². The molecular weight excluding hydrogens is 276 g/mol. The molecule has 114 valence electrons. The number of thiazole rings is 1. The van der Waals surface area contributed by atoms with E-state index in [0.29, 0.717) is 6.04 Å². The van der Waals surface area contributed by atoms with Gasteiger partial charge >= 0.3 is 0 Å². The van der Waals surface area contributed by atoms with Crippen LogP contribution in [0.15, 0.2) is 23.6 Å². The van der Waals surface area contributed by atoms with Crippen LogP contribution in [-0.4, -0.2) is 17.6 Å². The molecule has 2 aromatic rings. The fourth-order valence-corrected chi connectivity index (χ4v) is 3.23. The molecule has 1 heterocycles. The largest absolute Gasteiger partial charge is 0.313 e. The lowest BCUT2D eigenvalue weighted by Crippen LogP contribution is -2.34. The van der Waals surface area contributed by atoms with Gasteiger partial charge in [0.2, 0.25) is 0 Å². The Balaban J connectivity index is 2.09. The Morgan fingerprint density at radius 3 is 2.67 bits per heavy atom. The van der Waals surface area contributed by atoms with Crippen LogP contribution in [0.25, 0.3) is 0 Å². The van der Waals surface area contributed by atoms with Crippen molar-refractivity contribution in [3.63, 3.8) is 0 Å². The van der Waals surface area contributed by atoms with Gasteiger partial charge in [-0.05, 0) is 51.3 Å². The normalized spacial score (nSPS) is 12.6. The average molecular weight is 302 g/mol. The van der Waals surface area contributed by atoms with Crippen molar-refractivity contribution in [3.05, 3.63) is 51.0 Å². The van der Waals surface area contributed by atoms with Crippen molar-refractivity contribution in [1.82, 2.24) is 10.3 Å². The van der Waals surface area contributed by atoms with E-state index in [1.165, 1.54) is 28.8 Å². The van der Waals surface area contributed by atoms with Gasteiger partial charge in [-0.15, -0.1) is 11.3 Å². The monoisotopic (exact) mass is 302 g/mol. The summed E-state index contributed by atoms with van der Waals surface area (Å²) in [7, 11) is 0. The summed E-state index contributed by atoms with van der Waals surface area (Å²) < 4.78 is 0. The molecule has 0 aliphatic rings. The third kappa shape index (κ3) is 4.94. The maximum Gasteiger partial charge on any atom is 0.0897 e. The first-order valence-corrected chi connectivity index (χ1v) is 8.67. The molecule has 3 heteroatoms. The van der Waals surface area contributed by atoms with Gasteiger partial charge in [-0.25, -0.2) is 4.98 Å². The second kappa shape index (κ2) is 7.71. The van der Waals surface area contributed by atoms with Crippen molar-refractivity contribution in [2.75, 3.05) is 6.54 Å². The molecule has 0 saturated heterocycles. The molecule has 0 bridgehead atoms. The van der Waals surface area contributed by atoms with Crippen molar-refractivity contribution in [3.8, 4) is 0 Å². The zero-order chi connectivity index (χ0) is 15.2. The van der Waals surface area contributed by atoms with Crippen molar-refractivity contribution in [1.29, 1.82) is 0 Å². The van der Waals surface area contributed by atoms with Gasteiger partial charge in [0.1, 0.15) is 0 Å². The van der Waals surface area contributed by atoms with E-state index in [1.54, 1.807) is 11.3 Å². The van der Waals surface area contributed by atoms with Crippen LogP contribution in [0, 0.1) is 20.8 Å². The third-order valence-electron chi connectivity index (χ3n) is 3.78. The Kier molecular flexibility index (Phi) is 5.95. The van der Waals surface area contributed by atoms with Crippen molar-refractivity contribution < 1.29 is 0 Å². The predicted molar refractivity (Wildman–Crippen MR) is 92.3 cm³/mol. The highest BCUT2D eigenvalue weighted by Gasteiger charge is 2.13. The highest BCUT2D eigenvalue weighted by Crippen LogP contribution is 2.16. The Morgan fingerprint density at radius 2 is 2.00 bits per heavy atom. The summed E-state index contributed by atoms with van der Waals surface area (Å²) in [6, 6.07) is 7.21. The zero-order valence-corrected chi connectivity index (χ0v) is 14.4. The first-order chi connectivity index (χ1) is 10.1. The molecule has 1 aromatic carbocycles. The predicted octanol–water partition coefficient (Wildman–Crippen LogP) is 4.22. The maximum atomic E-state index is 4.62. The molecule has 0 amide bonds. The van der Waals surface area contributed by atoms with Gasteiger partial charge in [0.15, 0.2) is 0 Å². The van der Waals surface area contributed by atoms with Gasteiger partial charge in [0.25, 0.3) is 0 Å². The average Bonchev–Trinajstić information content (AvgIpc) is 2.85. The van der Waals surface area contributed by atoms with E-state index in [9.17, 15) is 0 Å². The second-order valence-corrected chi connectivity index (χ2v) is 6.91. The van der Waals surface area contributed by atoms with Crippen LogP contribution in [0.5, 0.6) is 0 Å².